The van der Waals surface area contributed by atoms with Crippen LogP contribution in [0.2, 0.25) is 0 Å². The van der Waals surface area contributed by atoms with Crippen LogP contribution in [-0.4, -0.2) is 83.0 Å². The summed E-state index contributed by atoms with van der Waals surface area (Å²) < 4.78 is 129. The molecular formula is C73H83NO18P2. The molecule has 0 saturated heterocycles. The Morgan fingerprint density at radius 3 is 0.851 bits per heavy atom. The number of phosphoric acid groups is 2. The maximum Gasteiger partial charge on any atom is 0.475 e. The Bertz CT molecular complexity index is 3260. The first-order valence-corrected chi connectivity index (χ1v) is 34.3. The fraction of sp³-hybridized carbons (Fsp3) is 0.329. The van der Waals surface area contributed by atoms with E-state index in [-0.39, 0.29) is 59.5 Å². The zero-order valence-electron chi connectivity index (χ0n) is 52.5. The van der Waals surface area contributed by atoms with E-state index in [4.69, 9.17) is 69.8 Å². The highest BCUT2D eigenvalue weighted by molar-refractivity contribution is 7.48. The van der Waals surface area contributed by atoms with Crippen molar-refractivity contribution in [1.29, 1.82) is 0 Å². The summed E-state index contributed by atoms with van der Waals surface area (Å²) in [6, 6.07) is 75.0. The average Bonchev–Trinajstić information content (AvgIpc) is 0.756. The number of benzene rings is 8. The molecule has 21 heteroatoms. The zero-order chi connectivity index (χ0) is 65.0. The molecule has 0 radical (unpaired) electrons. The highest BCUT2D eigenvalue weighted by Crippen LogP contribution is 2.57. The Hall–Kier alpha value is -7.07. The molecule has 0 bridgehead atoms. The third kappa shape index (κ3) is 25.2. The number of carbonyl (C=O) groups is 1. The second-order valence-electron chi connectivity index (χ2n) is 21.9. The van der Waals surface area contributed by atoms with Crippen LogP contribution >= 0.6 is 15.6 Å². The average molecular weight is 1320 g/mol. The Morgan fingerprint density at radius 1 is 0.298 bits per heavy atom. The number of hydrogen-bond acceptors (Lipinski definition) is 18. The lowest BCUT2D eigenvalue weighted by atomic mass is 9.84. The maximum absolute atomic E-state index is 16.0. The number of rotatable bonds is 43. The van der Waals surface area contributed by atoms with Crippen molar-refractivity contribution in [3.05, 3.63) is 287 Å². The van der Waals surface area contributed by atoms with E-state index in [9.17, 15) is 4.79 Å². The SMILES string of the molecule is O=C(NCCCCCCOP(=O)(OCc1ccccc1)OC1[C@H](OCOCc2ccccc2)[C@H](OCOCc2ccccc2)C(OP(=O)(OCc2ccccc2)OCc2ccccc2)[C@H](OCOCc2ccccc2)[C@H]1OCOCc1ccccc1)OCc1ccccc1. The van der Waals surface area contributed by atoms with E-state index in [0.717, 1.165) is 27.8 Å². The molecule has 1 aliphatic rings. The standard InChI is InChI=1S/C73H83NO18P2/c75-73(82-51-63-37-19-7-20-38-63)74-45-27-1-2-28-46-87-93(76,88-52-64-39-21-8-22-40-64)91-71-67(83-55-78-47-59-29-11-3-12-30-59)69(85-57-80-49-61-33-15-5-16-34-61)72(92-94(77,89-53-65-41-23-9-24-42-65)90-54-66-43-25-10-26-44-66)70(86-58-81-50-62-35-17-6-18-36-62)68(71)84-56-79-48-60-31-13-4-14-32-60/h3-26,29-44,67-72H,1-2,27-28,45-58H2,(H,74,75)/t67-,68-,69-,70+,71?,72?,93?/m1/s1. The van der Waals surface area contributed by atoms with E-state index in [2.05, 4.69) is 5.32 Å². The maximum atomic E-state index is 16.0. The van der Waals surface area contributed by atoms with Crippen LogP contribution in [0.5, 0.6) is 0 Å². The van der Waals surface area contributed by atoms with Gasteiger partial charge in [0, 0.05) is 6.54 Å². The summed E-state index contributed by atoms with van der Waals surface area (Å²) >= 11 is 0. The molecule has 8 aromatic rings. The van der Waals surface area contributed by atoms with Gasteiger partial charge in [-0.3, -0.25) is 27.1 Å². The number of amides is 1. The van der Waals surface area contributed by atoms with Gasteiger partial charge in [-0.15, -0.1) is 0 Å². The molecule has 1 amide bonds. The minimum atomic E-state index is -4.81. The van der Waals surface area contributed by atoms with Crippen LogP contribution in [0, 0.1) is 0 Å². The van der Waals surface area contributed by atoms with E-state index in [1.54, 1.807) is 0 Å². The number of nitrogens with one attached hydrogen (secondary N) is 1. The molecule has 9 rings (SSSR count). The Labute approximate surface area is 550 Å². The smallest absolute Gasteiger partial charge is 0.445 e. The summed E-state index contributed by atoms with van der Waals surface area (Å²) in [4.78, 5) is 12.5. The van der Waals surface area contributed by atoms with Gasteiger partial charge in [0.25, 0.3) is 0 Å². The number of carbonyl (C=O) groups excluding carboxylic acids is 1. The molecule has 94 heavy (non-hydrogen) atoms. The fourth-order valence-corrected chi connectivity index (χ4v) is 12.7. The normalized spacial score (nSPS) is 17.9. The lowest BCUT2D eigenvalue weighted by molar-refractivity contribution is -0.300. The Morgan fingerprint density at radius 2 is 0.553 bits per heavy atom. The second-order valence-corrected chi connectivity index (χ2v) is 25.1. The van der Waals surface area contributed by atoms with Crippen molar-refractivity contribution in [2.75, 3.05) is 40.3 Å². The predicted octanol–water partition coefficient (Wildman–Crippen LogP) is 15.4. The molecule has 1 N–H and O–H groups in total. The van der Waals surface area contributed by atoms with Crippen molar-refractivity contribution in [3.63, 3.8) is 0 Å². The quantitative estimate of drug-likeness (QED) is 0.0214. The summed E-state index contributed by atoms with van der Waals surface area (Å²) in [5.74, 6) is 0. The van der Waals surface area contributed by atoms with Crippen LogP contribution in [0.4, 0.5) is 4.79 Å². The molecule has 1 fully saturated rings. The molecule has 498 valence electrons. The van der Waals surface area contributed by atoms with E-state index >= 15 is 9.13 Å². The molecule has 1 aliphatic carbocycles. The van der Waals surface area contributed by atoms with Gasteiger partial charge >= 0.3 is 21.7 Å². The summed E-state index contributed by atoms with van der Waals surface area (Å²) in [5.41, 5.74) is 6.29. The van der Waals surface area contributed by atoms with Crippen molar-refractivity contribution in [2.24, 2.45) is 0 Å². The molecular weight excluding hydrogens is 1240 g/mol. The monoisotopic (exact) mass is 1320 g/mol. The van der Waals surface area contributed by atoms with Gasteiger partial charge in [-0.05, 0) is 57.3 Å². The van der Waals surface area contributed by atoms with E-state index in [1.807, 2.05) is 243 Å². The molecule has 3 unspecified atom stereocenters. The van der Waals surface area contributed by atoms with Gasteiger partial charge in [0.2, 0.25) is 0 Å². The highest BCUT2D eigenvalue weighted by Gasteiger charge is 2.59. The number of hydrogen-bond donors (Lipinski definition) is 1. The summed E-state index contributed by atoms with van der Waals surface area (Å²) in [6.07, 6.45) is -7.16. The van der Waals surface area contributed by atoms with E-state index in [1.165, 1.54) is 0 Å². The summed E-state index contributed by atoms with van der Waals surface area (Å²) in [6.45, 7) is -1.35. The third-order valence-corrected chi connectivity index (χ3v) is 17.6. The molecule has 0 aliphatic heterocycles. The molecule has 19 nitrogen and oxygen atoms in total. The van der Waals surface area contributed by atoms with Gasteiger partial charge in [-0.25, -0.2) is 13.9 Å². The molecule has 0 spiro atoms. The van der Waals surface area contributed by atoms with Crippen LogP contribution in [-0.2, 0) is 132 Å². The van der Waals surface area contributed by atoms with Crippen molar-refractivity contribution < 1.29 is 83.7 Å². The lowest BCUT2D eigenvalue weighted by Crippen LogP contribution is -2.67. The summed E-state index contributed by atoms with van der Waals surface area (Å²) in [5, 5.41) is 2.81. The van der Waals surface area contributed by atoms with Crippen LogP contribution in [0.1, 0.15) is 70.2 Å². The molecule has 0 aromatic heterocycles. The first-order chi connectivity index (χ1) is 46.3. The minimum absolute atomic E-state index is 0.0876. The second kappa shape index (κ2) is 40.4. The number of ether oxygens (including phenoxy) is 9. The van der Waals surface area contributed by atoms with Crippen molar-refractivity contribution in [2.45, 2.75) is 115 Å². The van der Waals surface area contributed by atoms with Crippen LogP contribution in [0.25, 0.3) is 0 Å². The van der Waals surface area contributed by atoms with Crippen LogP contribution < -0.4 is 5.32 Å². The van der Waals surface area contributed by atoms with Gasteiger partial charge in [-0.2, -0.15) is 0 Å². The topological polar surface area (TPSA) is 202 Å². The molecule has 8 aromatic carbocycles. The Balaban J connectivity index is 1.08. The van der Waals surface area contributed by atoms with Gasteiger partial charge in [0.15, 0.2) is 0 Å². The molecule has 7 atom stereocenters. The van der Waals surface area contributed by atoms with Crippen LogP contribution in [0.15, 0.2) is 243 Å². The van der Waals surface area contributed by atoms with E-state index < -0.39 is 85.5 Å². The summed E-state index contributed by atoms with van der Waals surface area (Å²) in [7, 11) is -9.59. The van der Waals surface area contributed by atoms with Gasteiger partial charge in [0.1, 0.15) is 70.4 Å². The first-order valence-electron chi connectivity index (χ1n) is 31.4. The zero-order valence-corrected chi connectivity index (χ0v) is 54.3. The van der Waals surface area contributed by atoms with E-state index in [0.29, 0.717) is 48.9 Å². The van der Waals surface area contributed by atoms with Crippen molar-refractivity contribution >= 4 is 21.7 Å². The van der Waals surface area contributed by atoms with Gasteiger partial charge in [0.05, 0.1) is 52.9 Å². The third-order valence-electron chi connectivity index (χ3n) is 14.8. The van der Waals surface area contributed by atoms with Gasteiger partial charge in [-0.1, -0.05) is 255 Å². The predicted molar refractivity (Wildman–Crippen MR) is 352 cm³/mol. The Kier molecular flexibility index (Phi) is 30.6. The first kappa shape index (κ1) is 71.2. The van der Waals surface area contributed by atoms with Gasteiger partial charge < -0.3 is 47.9 Å². The van der Waals surface area contributed by atoms with Crippen LogP contribution in [0.3, 0.4) is 0 Å². The number of unbranched alkanes of at least 4 members (excludes halogenated alkanes) is 3. The van der Waals surface area contributed by atoms with Crippen molar-refractivity contribution in [3.8, 4) is 0 Å². The molecule has 1 saturated carbocycles. The minimum Gasteiger partial charge on any atom is -0.445 e. The van der Waals surface area contributed by atoms with Crippen molar-refractivity contribution in [1.82, 2.24) is 5.32 Å². The number of phosphoric ester groups is 2. The molecule has 0 heterocycles. The largest absolute Gasteiger partial charge is 0.475 e. The fourth-order valence-electron chi connectivity index (χ4n) is 9.96. The lowest BCUT2D eigenvalue weighted by Gasteiger charge is -2.49. The number of alkyl carbamates (subject to hydrolysis) is 1. The highest BCUT2D eigenvalue weighted by atomic mass is 31.2.